The van der Waals surface area contributed by atoms with Crippen molar-refractivity contribution in [1.29, 1.82) is 0 Å². The van der Waals surface area contributed by atoms with E-state index in [1.54, 1.807) is 4.90 Å². The number of amides is 1. The molecule has 3 fully saturated rings. The lowest BCUT2D eigenvalue weighted by Gasteiger charge is -2.39. The quantitative estimate of drug-likeness (QED) is 0.766. The lowest BCUT2D eigenvalue weighted by Crippen LogP contribution is -2.46. The van der Waals surface area contributed by atoms with Crippen molar-refractivity contribution < 1.29 is 18.3 Å². The second-order valence-corrected chi connectivity index (χ2v) is 6.84. The molecule has 0 aromatic rings. The second kappa shape index (κ2) is 4.91. The topological polar surface area (TPSA) is 32.8 Å². The van der Waals surface area contributed by atoms with Crippen LogP contribution in [-0.2, 0) is 9.53 Å². The number of halogens is 2. The van der Waals surface area contributed by atoms with Crippen molar-refractivity contribution in [2.24, 2.45) is 11.3 Å². The molecule has 1 saturated carbocycles. The monoisotopic (exact) mass is 288 g/mol. The van der Waals surface area contributed by atoms with Gasteiger partial charge in [-0.2, -0.15) is 0 Å². The lowest BCUT2D eigenvalue weighted by molar-refractivity contribution is -0.126. The van der Waals surface area contributed by atoms with Crippen molar-refractivity contribution in [3.8, 4) is 0 Å². The molecule has 1 aliphatic carbocycles. The molecule has 4 nitrogen and oxygen atoms in total. The molecular weight excluding hydrogens is 266 g/mol. The summed E-state index contributed by atoms with van der Waals surface area (Å²) in [5, 5.41) is 0. The van der Waals surface area contributed by atoms with E-state index in [2.05, 4.69) is 4.90 Å². The van der Waals surface area contributed by atoms with Crippen LogP contribution in [0.5, 0.6) is 0 Å². The van der Waals surface area contributed by atoms with Gasteiger partial charge in [-0.05, 0) is 5.92 Å². The van der Waals surface area contributed by atoms with Crippen LogP contribution in [-0.4, -0.2) is 68.1 Å². The zero-order chi connectivity index (χ0) is 14.4. The Bertz CT molecular complexity index is 397. The highest BCUT2D eigenvalue weighted by Gasteiger charge is 2.48. The number of carbonyl (C=O) groups excluding carboxylic acids is 1. The van der Waals surface area contributed by atoms with Crippen LogP contribution in [0.25, 0.3) is 0 Å². The summed E-state index contributed by atoms with van der Waals surface area (Å²) in [5.41, 5.74) is -0.144. The first-order valence-electron chi connectivity index (χ1n) is 7.29. The van der Waals surface area contributed by atoms with Crippen LogP contribution >= 0.6 is 0 Å². The third kappa shape index (κ3) is 2.81. The van der Waals surface area contributed by atoms with Gasteiger partial charge in [0.15, 0.2) is 0 Å². The standard InChI is InChI=1S/C14H22F2N2O2/c1-17-8-13(6-12(17)19)9-18(2-3-20-10-13)7-11-4-14(15,16)5-11/h11H,2-10H2,1H3. The molecule has 0 aromatic heterocycles. The van der Waals surface area contributed by atoms with Gasteiger partial charge in [0.1, 0.15) is 0 Å². The van der Waals surface area contributed by atoms with Crippen LogP contribution in [0.3, 0.4) is 0 Å². The SMILES string of the molecule is CN1CC2(COCCN(CC3CC(F)(F)C3)C2)CC1=O. The van der Waals surface area contributed by atoms with E-state index in [0.29, 0.717) is 32.7 Å². The number of alkyl halides is 2. The molecule has 2 aliphatic heterocycles. The van der Waals surface area contributed by atoms with Crippen molar-refractivity contribution in [2.45, 2.75) is 25.2 Å². The van der Waals surface area contributed by atoms with Gasteiger partial charge < -0.3 is 14.5 Å². The molecule has 0 aromatic carbocycles. The lowest BCUT2D eigenvalue weighted by atomic mass is 9.80. The van der Waals surface area contributed by atoms with Gasteiger partial charge in [0, 0.05) is 57.9 Å². The van der Waals surface area contributed by atoms with Gasteiger partial charge in [-0.1, -0.05) is 0 Å². The molecule has 114 valence electrons. The highest BCUT2D eigenvalue weighted by Crippen LogP contribution is 2.43. The minimum Gasteiger partial charge on any atom is -0.379 e. The average molecular weight is 288 g/mol. The van der Waals surface area contributed by atoms with Crippen LogP contribution in [0.2, 0.25) is 0 Å². The van der Waals surface area contributed by atoms with E-state index in [4.69, 9.17) is 4.74 Å². The first-order chi connectivity index (χ1) is 9.38. The maximum atomic E-state index is 12.9. The van der Waals surface area contributed by atoms with E-state index < -0.39 is 5.92 Å². The summed E-state index contributed by atoms with van der Waals surface area (Å²) in [6, 6.07) is 0. The Morgan fingerprint density at radius 1 is 1.35 bits per heavy atom. The molecule has 1 unspecified atom stereocenters. The number of rotatable bonds is 2. The molecule has 0 radical (unpaired) electrons. The van der Waals surface area contributed by atoms with Gasteiger partial charge >= 0.3 is 0 Å². The molecule has 3 rings (SSSR count). The summed E-state index contributed by atoms with van der Waals surface area (Å²) in [7, 11) is 1.82. The normalized spacial score (nSPS) is 35.4. The van der Waals surface area contributed by atoms with E-state index in [1.165, 1.54) is 0 Å². The van der Waals surface area contributed by atoms with E-state index in [0.717, 1.165) is 13.1 Å². The Kier molecular flexibility index (Phi) is 3.49. The zero-order valence-electron chi connectivity index (χ0n) is 11.9. The van der Waals surface area contributed by atoms with E-state index in [-0.39, 0.29) is 30.1 Å². The van der Waals surface area contributed by atoms with Crippen LogP contribution < -0.4 is 0 Å². The Labute approximate surface area is 118 Å². The molecule has 2 heterocycles. The van der Waals surface area contributed by atoms with Gasteiger partial charge in [-0.25, -0.2) is 8.78 Å². The summed E-state index contributed by atoms with van der Waals surface area (Å²) in [5.74, 6) is -2.20. The van der Waals surface area contributed by atoms with Crippen molar-refractivity contribution in [2.75, 3.05) is 46.4 Å². The minimum atomic E-state index is -2.45. The van der Waals surface area contributed by atoms with Gasteiger partial charge in [0.2, 0.25) is 11.8 Å². The summed E-state index contributed by atoms with van der Waals surface area (Å²) in [4.78, 5) is 15.8. The minimum absolute atomic E-state index is 0.0101. The predicted octanol–water partition coefficient (Wildman–Crippen LogP) is 1.21. The van der Waals surface area contributed by atoms with Gasteiger partial charge in [0.25, 0.3) is 0 Å². The predicted molar refractivity (Wildman–Crippen MR) is 69.6 cm³/mol. The number of hydrogen-bond acceptors (Lipinski definition) is 3. The first-order valence-corrected chi connectivity index (χ1v) is 7.29. The third-order valence-corrected chi connectivity index (χ3v) is 4.73. The largest absolute Gasteiger partial charge is 0.379 e. The fourth-order valence-electron chi connectivity index (χ4n) is 3.82. The second-order valence-electron chi connectivity index (χ2n) is 6.84. The highest BCUT2D eigenvalue weighted by atomic mass is 19.3. The first kappa shape index (κ1) is 14.2. The Morgan fingerprint density at radius 2 is 2.10 bits per heavy atom. The Hall–Kier alpha value is -0.750. The summed E-state index contributed by atoms with van der Waals surface area (Å²) >= 11 is 0. The van der Waals surface area contributed by atoms with Crippen LogP contribution in [0.1, 0.15) is 19.3 Å². The number of carbonyl (C=O) groups is 1. The zero-order valence-corrected chi connectivity index (χ0v) is 11.9. The summed E-state index contributed by atoms with van der Waals surface area (Å²) < 4.78 is 31.5. The van der Waals surface area contributed by atoms with Gasteiger partial charge in [-0.3, -0.25) is 4.79 Å². The Morgan fingerprint density at radius 3 is 2.70 bits per heavy atom. The van der Waals surface area contributed by atoms with Crippen molar-refractivity contribution in [3.05, 3.63) is 0 Å². The molecule has 1 amide bonds. The van der Waals surface area contributed by atoms with Crippen LogP contribution in [0, 0.1) is 11.3 Å². The van der Waals surface area contributed by atoms with Crippen LogP contribution in [0.15, 0.2) is 0 Å². The van der Waals surface area contributed by atoms with Crippen molar-refractivity contribution in [1.82, 2.24) is 9.80 Å². The van der Waals surface area contributed by atoms with E-state index >= 15 is 0 Å². The maximum Gasteiger partial charge on any atom is 0.248 e. The van der Waals surface area contributed by atoms with E-state index in [9.17, 15) is 13.6 Å². The molecule has 1 spiro atoms. The molecule has 0 N–H and O–H groups in total. The summed E-state index contributed by atoms with van der Waals surface area (Å²) in [6.07, 6.45) is 0.535. The number of ether oxygens (including phenoxy) is 1. The molecule has 20 heavy (non-hydrogen) atoms. The molecule has 1 atom stereocenters. The van der Waals surface area contributed by atoms with Crippen molar-refractivity contribution in [3.63, 3.8) is 0 Å². The smallest absolute Gasteiger partial charge is 0.248 e. The fraction of sp³-hybridized carbons (Fsp3) is 0.929. The molecule has 6 heteroatoms. The van der Waals surface area contributed by atoms with Gasteiger partial charge in [-0.15, -0.1) is 0 Å². The number of nitrogens with zero attached hydrogens (tertiary/aromatic N) is 2. The third-order valence-electron chi connectivity index (χ3n) is 4.73. The fourth-order valence-corrected chi connectivity index (χ4v) is 3.82. The highest BCUT2D eigenvalue weighted by molar-refractivity contribution is 5.79. The molecule has 0 bridgehead atoms. The molecule has 2 saturated heterocycles. The maximum absolute atomic E-state index is 12.9. The molecule has 3 aliphatic rings. The summed E-state index contributed by atoms with van der Waals surface area (Å²) in [6.45, 7) is 4.21. The average Bonchev–Trinajstić information content (AvgIpc) is 2.47. The number of hydrogen-bond donors (Lipinski definition) is 0. The van der Waals surface area contributed by atoms with E-state index in [1.807, 2.05) is 7.05 Å². The van der Waals surface area contributed by atoms with Crippen LogP contribution in [0.4, 0.5) is 8.78 Å². The Balaban J connectivity index is 1.60. The van der Waals surface area contributed by atoms with Gasteiger partial charge in [0.05, 0.1) is 13.2 Å². The van der Waals surface area contributed by atoms with Crippen molar-refractivity contribution >= 4 is 5.91 Å². The molecular formula is C14H22F2N2O2. The number of likely N-dealkylation sites (tertiary alicyclic amines) is 1.